The summed E-state index contributed by atoms with van der Waals surface area (Å²) in [5, 5.41) is 0.708. The van der Waals surface area contributed by atoms with Gasteiger partial charge in [-0.25, -0.2) is 9.18 Å². The van der Waals surface area contributed by atoms with Gasteiger partial charge in [-0.2, -0.15) is 0 Å². The molecule has 0 aliphatic rings. The van der Waals surface area contributed by atoms with Crippen LogP contribution < -0.4 is 0 Å². The number of pyridine rings is 1. The van der Waals surface area contributed by atoms with Crippen molar-refractivity contribution in [3.8, 4) is 0 Å². The van der Waals surface area contributed by atoms with Crippen molar-refractivity contribution < 1.29 is 18.7 Å². The Kier molecular flexibility index (Phi) is 6.22. The van der Waals surface area contributed by atoms with Gasteiger partial charge < -0.3 is 9.64 Å². The summed E-state index contributed by atoms with van der Waals surface area (Å²) in [7, 11) is 1.61. The molecule has 0 radical (unpaired) electrons. The maximum atomic E-state index is 13.0. The molecule has 2 aromatic carbocycles. The lowest BCUT2D eigenvalue weighted by molar-refractivity contribution is -0.133. The van der Waals surface area contributed by atoms with Crippen molar-refractivity contribution >= 4 is 22.8 Å². The van der Waals surface area contributed by atoms with Crippen LogP contribution in [0.5, 0.6) is 0 Å². The molecule has 1 aromatic heterocycles. The van der Waals surface area contributed by atoms with E-state index in [2.05, 4.69) is 4.98 Å². The summed E-state index contributed by atoms with van der Waals surface area (Å²) in [4.78, 5) is 31.2. The number of likely N-dealkylation sites (N-methyl/N-ethyl adjacent to an activating group) is 1. The van der Waals surface area contributed by atoms with Gasteiger partial charge in [0, 0.05) is 24.7 Å². The predicted octanol–water partition coefficient (Wildman–Crippen LogP) is 4.06. The zero-order valence-electron chi connectivity index (χ0n) is 16.7. The van der Waals surface area contributed by atoms with Crippen LogP contribution in [0.15, 0.2) is 48.5 Å². The molecule has 29 heavy (non-hydrogen) atoms. The number of fused-ring (bicyclic) bond motifs is 1. The molecule has 0 saturated carbocycles. The third-order valence-electron chi connectivity index (χ3n) is 4.86. The minimum absolute atomic E-state index is 0.299. The molecular formula is C23H23FN2O3. The second-order valence-electron chi connectivity index (χ2n) is 6.88. The normalized spacial score (nSPS) is 10.8. The molecule has 0 saturated heterocycles. The fraction of sp³-hybridized carbons (Fsp3) is 0.261. The van der Waals surface area contributed by atoms with E-state index in [1.807, 2.05) is 38.1 Å². The molecule has 0 bridgehead atoms. The molecule has 0 atom stereocenters. The standard InChI is InChI=1S/C23H23FN2O3/c1-4-19-15(2)22(18-7-5-6-8-20(18)25-19)23(28)29-14-21(27)26(3)13-16-9-11-17(24)12-10-16/h5-12H,4,13-14H2,1-3H3. The molecule has 0 aliphatic carbocycles. The zero-order valence-corrected chi connectivity index (χ0v) is 16.7. The number of carbonyl (C=O) groups excluding carboxylic acids is 2. The number of esters is 1. The summed E-state index contributed by atoms with van der Waals surface area (Å²) in [6.45, 7) is 3.76. The monoisotopic (exact) mass is 394 g/mol. The number of benzene rings is 2. The van der Waals surface area contributed by atoms with Gasteiger partial charge in [-0.3, -0.25) is 9.78 Å². The van der Waals surface area contributed by atoms with Gasteiger partial charge in [0.05, 0.1) is 11.1 Å². The van der Waals surface area contributed by atoms with Crippen LogP contribution in [0.2, 0.25) is 0 Å². The van der Waals surface area contributed by atoms with Gasteiger partial charge in [0.1, 0.15) is 5.82 Å². The van der Waals surface area contributed by atoms with E-state index in [4.69, 9.17) is 4.74 Å². The summed E-state index contributed by atoms with van der Waals surface area (Å²) in [5.41, 5.74) is 3.55. The van der Waals surface area contributed by atoms with Crippen LogP contribution in [0.1, 0.15) is 34.1 Å². The van der Waals surface area contributed by atoms with Crippen LogP contribution in [0.4, 0.5) is 4.39 Å². The van der Waals surface area contributed by atoms with Gasteiger partial charge in [0.2, 0.25) is 0 Å². The predicted molar refractivity (Wildman–Crippen MR) is 109 cm³/mol. The van der Waals surface area contributed by atoms with E-state index in [1.54, 1.807) is 19.2 Å². The maximum Gasteiger partial charge on any atom is 0.339 e. The lowest BCUT2D eigenvalue weighted by Gasteiger charge is -2.18. The van der Waals surface area contributed by atoms with E-state index in [0.29, 0.717) is 23.9 Å². The van der Waals surface area contributed by atoms with Crippen molar-refractivity contribution in [2.45, 2.75) is 26.8 Å². The molecule has 0 N–H and O–H groups in total. The number of nitrogens with zero attached hydrogens (tertiary/aromatic N) is 2. The smallest absolute Gasteiger partial charge is 0.339 e. The second kappa shape index (κ2) is 8.82. The van der Waals surface area contributed by atoms with E-state index in [0.717, 1.165) is 22.3 Å². The van der Waals surface area contributed by atoms with Crippen LogP contribution in [-0.4, -0.2) is 35.4 Å². The molecule has 1 heterocycles. The molecule has 6 heteroatoms. The maximum absolute atomic E-state index is 13.0. The van der Waals surface area contributed by atoms with Gasteiger partial charge in [-0.05, 0) is 42.7 Å². The van der Waals surface area contributed by atoms with Crippen molar-refractivity contribution in [2.24, 2.45) is 0 Å². The van der Waals surface area contributed by atoms with Crippen LogP contribution in [0.3, 0.4) is 0 Å². The fourth-order valence-corrected chi connectivity index (χ4v) is 3.23. The highest BCUT2D eigenvalue weighted by molar-refractivity contribution is 6.05. The number of para-hydroxylation sites is 1. The fourth-order valence-electron chi connectivity index (χ4n) is 3.23. The molecular weight excluding hydrogens is 371 g/mol. The van der Waals surface area contributed by atoms with Crippen molar-refractivity contribution in [1.82, 2.24) is 9.88 Å². The van der Waals surface area contributed by atoms with Crippen molar-refractivity contribution in [2.75, 3.05) is 13.7 Å². The number of carbonyl (C=O) groups is 2. The van der Waals surface area contributed by atoms with E-state index in [9.17, 15) is 14.0 Å². The number of halogens is 1. The van der Waals surface area contributed by atoms with E-state index < -0.39 is 5.97 Å². The van der Waals surface area contributed by atoms with Crippen molar-refractivity contribution in [3.05, 3.63) is 76.7 Å². The summed E-state index contributed by atoms with van der Waals surface area (Å²) < 4.78 is 18.3. The molecule has 3 rings (SSSR count). The van der Waals surface area contributed by atoms with E-state index in [1.165, 1.54) is 17.0 Å². The number of aryl methyl sites for hydroxylation is 1. The first kappa shape index (κ1) is 20.5. The number of hydrogen-bond donors (Lipinski definition) is 0. The SMILES string of the molecule is CCc1nc2ccccc2c(C(=O)OCC(=O)N(C)Cc2ccc(F)cc2)c1C. The molecule has 0 unspecified atom stereocenters. The van der Waals surface area contributed by atoms with Gasteiger partial charge in [-0.15, -0.1) is 0 Å². The Hall–Kier alpha value is -3.28. The first-order valence-electron chi connectivity index (χ1n) is 9.44. The zero-order chi connectivity index (χ0) is 21.0. The van der Waals surface area contributed by atoms with Gasteiger partial charge in [-0.1, -0.05) is 37.3 Å². The largest absolute Gasteiger partial charge is 0.452 e. The lowest BCUT2D eigenvalue weighted by Crippen LogP contribution is -2.31. The average Bonchev–Trinajstić information content (AvgIpc) is 2.72. The van der Waals surface area contributed by atoms with Gasteiger partial charge >= 0.3 is 5.97 Å². The number of rotatable bonds is 6. The molecule has 1 amide bonds. The summed E-state index contributed by atoms with van der Waals surface area (Å²) in [6, 6.07) is 13.3. The summed E-state index contributed by atoms with van der Waals surface area (Å²) in [6.07, 6.45) is 0.691. The van der Waals surface area contributed by atoms with E-state index in [-0.39, 0.29) is 18.3 Å². The number of amides is 1. The quantitative estimate of drug-likeness (QED) is 0.592. The van der Waals surface area contributed by atoms with Gasteiger partial charge in [0.25, 0.3) is 5.91 Å². The van der Waals surface area contributed by atoms with Crippen LogP contribution in [0.25, 0.3) is 10.9 Å². The topological polar surface area (TPSA) is 59.5 Å². The van der Waals surface area contributed by atoms with Crippen molar-refractivity contribution in [1.29, 1.82) is 0 Å². The highest BCUT2D eigenvalue weighted by Gasteiger charge is 2.20. The molecule has 0 spiro atoms. The van der Waals surface area contributed by atoms with Crippen molar-refractivity contribution in [3.63, 3.8) is 0 Å². The molecule has 0 aliphatic heterocycles. The Morgan fingerprint density at radius 3 is 2.48 bits per heavy atom. The first-order chi connectivity index (χ1) is 13.9. The molecule has 0 fully saturated rings. The highest BCUT2D eigenvalue weighted by atomic mass is 19.1. The van der Waals surface area contributed by atoms with Crippen LogP contribution in [-0.2, 0) is 22.5 Å². The molecule has 5 nitrogen and oxygen atoms in total. The second-order valence-corrected chi connectivity index (χ2v) is 6.88. The highest BCUT2D eigenvalue weighted by Crippen LogP contribution is 2.24. The molecule has 150 valence electrons. The summed E-state index contributed by atoms with van der Waals surface area (Å²) in [5.74, 6) is -1.21. The van der Waals surface area contributed by atoms with E-state index >= 15 is 0 Å². The number of hydrogen-bond acceptors (Lipinski definition) is 4. The lowest BCUT2D eigenvalue weighted by atomic mass is 10.0. The third kappa shape index (κ3) is 4.59. The van der Waals surface area contributed by atoms with Crippen LogP contribution >= 0.6 is 0 Å². The average molecular weight is 394 g/mol. The first-order valence-corrected chi connectivity index (χ1v) is 9.44. The Balaban J connectivity index is 1.72. The number of ether oxygens (including phenoxy) is 1. The minimum Gasteiger partial charge on any atom is -0.452 e. The number of aromatic nitrogens is 1. The Labute approximate surface area is 169 Å². The van der Waals surface area contributed by atoms with Crippen LogP contribution in [0, 0.1) is 12.7 Å². The minimum atomic E-state index is -0.542. The van der Waals surface area contributed by atoms with Gasteiger partial charge in [0.15, 0.2) is 6.61 Å². The molecule has 3 aromatic rings. The summed E-state index contributed by atoms with van der Waals surface area (Å²) >= 11 is 0. The third-order valence-corrected chi connectivity index (χ3v) is 4.86. The Bertz CT molecular complexity index is 1050. The Morgan fingerprint density at radius 2 is 1.79 bits per heavy atom. The Morgan fingerprint density at radius 1 is 1.10 bits per heavy atom.